The van der Waals surface area contributed by atoms with E-state index in [0.29, 0.717) is 5.92 Å². The largest absolute Gasteiger partial charge is 0.451 e. The number of para-hydroxylation sites is 1. The number of carbonyl (C=O) groups is 3. The maximum atomic E-state index is 12.5. The lowest BCUT2D eigenvalue weighted by molar-refractivity contribution is -0.131. The van der Waals surface area contributed by atoms with E-state index in [1.54, 1.807) is 24.8 Å². The monoisotopic (exact) mass is 370 g/mol. The van der Waals surface area contributed by atoms with Crippen LogP contribution in [0.4, 0.5) is 0 Å². The summed E-state index contributed by atoms with van der Waals surface area (Å²) in [5.74, 6) is -1.04. The quantitative estimate of drug-likeness (QED) is 0.737. The number of hydrogen-bond donors (Lipinski definition) is 1. The van der Waals surface area contributed by atoms with Crippen LogP contribution in [0.3, 0.4) is 0 Å². The first-order valence-electron chi connectivity index (χ1n) is 8.75. The lowest BCUT2D eigenvalue weighted by Crippen LogP contribution is -2.38. The Labute approximate surface area is 157 Å². The first-order valence-corrected chi connectivity index (χ1v) is 8.75. The second kappa shape index (κ2) is 8.03. The molecule has 0 aliphatic heterocycles. The fraction of sp³-hybridized carbons (Fsp3) is 0.368. The smallest absolute Gasteiger partial charge is 0.357 e. The van der Waals surface area contributed by atoms with Gasteiger partial charge in [0, 0.05) is 20.0 Å². The molecular formula is C19H22N4O4. The summed E-state index contributed by atoms with van der Waals surface area (Å²) >= 11 is 0. The Morgan fingerprint density at radius 3 is 2.56 bits per heavy atom. The number of aromatic nitrogens is 2. The molecule has 2 aromatic rings. The van der Waals surface area contributed by atoms with Crippen molar-refractivity contribution in [3.05, 3.63) is 47.8 Å². The van der Waals surface area contributed by atoms with Crippen molar-refractivity contribution in [2.45, 2.75) is 18.8 Å². The van der Waals surface area contributed by atoms with E-state index in [-0.39, 0.29) is 18.1 Å². The van der Waals surface area contributed by atoms with Crippen molar-refractivity contribution in [1.29, 1.82) is 0 Å². The van der Waals surface area contributed by atoms with Crippen LogP contribution in [0.1, 0.15) is 34.9 Å². The van der Waals surface area contributed by atoms with Gasteiger partial charge in [-0.2, -0.15) is 5.10 Å². The van der Waals surface area contributed by atoms with Gasteiger partial charge in [-0.05, 0) is 31.0 Å². The molecule has 1 fully saturated rings. The molecule has 1 N–H and O–H groups in total. The highest BCUT2D eigenvalue weighted by atomic mass is 16.5. The minimum atomic E-state index is -0.632. The number of rotatable bonds is 7. The van der Waals surface area contributed by atoms with E-state index >= 15 is 0 Å². The Bertz CT molecular complexity index is 841. The van der Waals surface area contributed by atoms with Crippen molar-refractivity contribution in [3.63, 3.8) is 0 Å². The van der Waals surface area contributed by atoms with Crippen LogP contribution in [0, 0.1) is 0 Å². The molecule has 8 heteroatoms. The zero-order chi connectivity index (χ0) is 19.4. The van der Waals surface area contributed by atoms with E-state index in [0.717, 1.165) is 24.2 Å². The number of amides is 2. The van der Waals surface area contributed by atoms with Crippen LogP contribution in [-0.4, -0.2) is 59.7 Å². The van der Waals surface area contributed by atoms with Gasteiger partial charge in [0.05, 0.1) is 17.9 Å². The summed E-state index contributed by atoms with van der Waals surface area (Å²) in [6, 6.07) is 11.0. The molecule has 8 nitrogen and oxygen atoms in total. The summed E-state index contributed by atoms with van der Waals surface area (Å²) in [5.41, 5.74) is 1.88. The van der Waals surface area contributed by atoms with E-state index in [1.165, 1.54) is 4.90 Å². The lowest BCUT2D eigenvalue weighted by atomic mass is 10.2. The average molecular weight is 370 g/mol. The Hall–Kier alpha value is -3.16. The van der Waals surface area contributed by atoms with Gasteiger partial charge in [0.2, 0.25) is 5.91 Å². The summed E-state index contributed by atoms with van der Waals surface area (Å²) in [6.07, 6.45) is 2.12. The summed E-state index contributed by atoms with van der Waals surface area (Å²) in [5, 5.41) is 6.96. The number of nitrogens with one attached hydrogen (secondary N) is 1. The third-order valence-electron chi connectivity index (χ3n) is 4.20. The average Bonchev–Trinajstić information content (AvgIpc) is 3.43. The van der Waals surface area contributed by atoms with Crippen LogP contribution in [0.2, 0.25) is 0 Å². The van der Waals surface area contributed by atoms with E-state index in [9.17, 15) is 14.4 Å². The van der Waals surface area contributed by atoms with Crippen LogP contribution in [0.15, 0.2) is 36.4 Å². The molecule has 0 bridgehead atoms. The first kappa shape index (κ1) is 18.6. The minimum Gasteiger partial charge on any atom is -0.451 e. The van der Waals surface area contributed by atoms with Gasteiger partial charge in [0.15, 0.2) is 12.3 Å². The molecule has 1 aromatic carbocycles. The molecule has 0 saturated heterocycles. The van der Waals surface area contributed by atoms with Crippen LogP contribution < -0.4 is 5.32 Å². The van der Waals surface area contributed by atoms with Crippen molar-refractivity contribution in [1.82, 2.24) is 20.0 Å². The van der Waals surface area contributed by atoms with Crippen molar-refractivity contribution >= 4 is 17.8 Å². The highest BCUT2D eigenvalue weighted by molar-refractivity contribution is 5.91. The van der Waals surface area contributed by atoms with Gasteiger partial charge in [-0.3, -0.25) is 9.59 Å². The molecule has 1 aliphatic rings. The van der Waals surface area contributed by atoms with Gasteiger partial charge >= 0.3 is 5.97 Å². The number of hydrogen-bond acceptors (Lipinski definition) is 5. The third kappa shape index (κ3) is 4.72. The van der Waals surface area contributed by atoms with Crippen molar-refractivity contribution in [2.24, 2.45) is 0 Å². The molecule has 27 heavy (non-hydrogen) atoms. The van der Waals surface area contributed by atoms with E-state index < -0.39 is 18.5 Å². The minimum absolute atomic E-state index is 0.142. The molecule has 0 radical (unpaired) electrons. The van der Waals surface area contributed by atoms with E-state index in [2.05, 4.69) is 10.4 Å². The zero-order valence-corrected chi connectivity index (χ0v) is 15.3. The van der Waals surface area contributed by atoms with Gasteiger partial charge in [-0.1, -0.05) is 18.2 Å². The molecule has 0 unspecified atom stereocenters. The maximum absolute atomic E-state index is 12.5. The summed E-state index contributed by atoms with van der Waals surface area (Å²) in [7, 11) is 3.19. The molecule has 0 atom stereocenters. The first-order chi connectivity index (χ1) is 13.0. The topological polar surface area (TPSA) is 93.5 Å². The van der Waals surface area contributed by atoms with Crippen LogP contribution >= 0.6 is 0 Å². The Kier molecular flexibility index (Phi) is 5.54. The Morgan fingerprint density at radius 1 is 1.22 bits per heavy atom. The fourth-order valence-corrected chi connectivity index (χ4v) is 2.48. The third-order valence-corrected chi connectivity index (χ3v) is 4.20. The molecule has 3 rings (SSSR count). The van der Waals surface area contributed by atoms with E-state index in [4.69, 9.17) is 4.74 Å². The highest BCUT2D eigenvalue weighted by Gasteiger charge is 2.29. The normalized spacial score (nSPS) is 13.1. The Morgan fingerprint density at radius 2 is 1.93 bits per heavy atom. The number of carbonyl (C=O) groups excluding carboxylic acids is 3. The lowest BCUT2D eigenvalue weighted by Gasteiger charge is -2.11. The van der Waals surface area contributed by atoms with Crippen LogP contribution in [-0.2, 0) is 14.3 Å². The Balaban J connectivity index is 1.66. The van der Waals surface area contributed by atoms with Gasteiger partial charge < -0.3 is 15.0 Å². The second-order valence-electron chi connectivity index (χ2n) is 6.62. The van der Waals surface area contributed by atoms with Gasteiger partial charge in [-0.25, -0.2) is 9.48 Å². The molecule has 142 valence electrons. The van der Waals surface area contributed by atoms with Crippen molar-refractivity contribution < 1.29 is 19.1 Å². The van der Waals surface area contributed by atoms with Crippen LogP contribution in [0.5, 0.6) is 0 Å². The molecule has 1 saturated carbocycles. The molecular weight excluding hydrogens is 348 g/mol. The number of nitrogens with zero attached hydrogens (tertiary/aromatic N) is 3. The van der Waals surface area contributed by atoms with Crippen LogP contribution in [0.25, 0.3) is 5.69 Å². The summed E-state index contributed by atoms with van der Waals surface area (Å²) in [6.45, 7) is -0.602. The van der Waals surface area contributed by atoms with Crippen molar-refractivity contribution in [3.8, 4) is 5.69 Å². The number of benzene rings is 1. The molecule has 1 aliphatic carbocycles. The van der Waals surface area contributed by atoms with E-state index in [1.807, 2.05) is 30.3 Å². The summed E-state index contributed by atoms with van der Waals surface area (Å²) < 4.78 is 6.67. The second-order valence-corrected chi connectivity index (χ2v) is 6.62. The fourth-order valence-electron chi connectivity index (χ4n) is 2.48. The summed E-state index contributed by atoms with van der Waals surface area (Å²) in [4.78, 5) is 37.1. The molecule has 1 aromatic heterocycles. The molecule has 1 heterocycles. The number of likely N-dealkylation sites (N-methyl/N-ethyl adjacent to an activating group) is 1. The predicted octanol–water partition coefficient (Wildman–Crippen LogP) is 1.11. The number of ether oxygens (including phenoxy) is 1. The predicted molar refractivity (Wildman–Crippen MR) is 97.5 cm³/mol. The molecule has 2 amide bonds. The highest BCUT2D eigenvalue weighted by Crippen LogP contribution is 2.39. The van der Waals surface area contributed by atoms with Gasteiger partial charge in [-0.15, -0.1) is 0 Å². The maximum Gasteiger partial charge on any atom is 0.357 e. The van der Waals surface area contributed by atoms with Crippen molar-refractivity contribution in [2.75, 3.05) is 27.2 Å². The molecule has 0 spiro atoms. The number of esters is 1. The van der Waals surface area contributed by atoms with Gasteiger partial charge in [0.1, 0.15) is 0 Å². The van der Waals surface area contributed by atoms with Gasteiger partial charge in [0.25, 0.3) is 5.91 Å². The zero-order valence-electron chi connectivity index (χ0n) is 15.3. The standard InChI is InChI=1S/C19H22N4O4/c1-22(2)18(25)11-20-17(24)12-27-19(26)16-10-15(13-8-9-13)21-23(16)14-6-4-3-5-7-14/h3-7,10,13H,8-9,11-12H2,1-2H3,(H,20,24). The SMILES string of the molecule is CN(C)C(=O)CNC(=O)COC(=O)c1cc(C2CC2)nn1-c1ccccc1.